The van der Waals surface area contributed by atoms with Crippen LogP contribution in [0.5, 0.6) is 0 Å². The lowest BCUT2D eigenvalue weighted by Gasteiger charge is -2.19. The summed E-state index contributed by atoms with van der Waals surface area (Å²) >= 11 is 2.67. The number of aromatic nitrogens is 1. The molecular weight excluding hydrogens is 504 g/mol. The van der Waals surface area contributed by atoms with Crippen molar-refractivity contribution >= 4 is 56.7 Å². The number of hydroxylamine groups is 1. The van der Waals surface area contributed by atoms with E-state index < -0.39 is 17.6 Å². The van der Waals surface area contributed by atoms with Gasteiger partial charge in [0.2, 0.25) is 5.91 Å². The van der Waals surface area contributed by atoms with E-state index in [1.54, 1.807) is 56.6 Å². The molecule has 12 heteroatoms. The maximum absolute atomic E-state index is 12.8. The quantitative estimate of drug-likeness (QED) is 0.196. The molecule has 1 aromatic carbocycles. The zero-order chi connectivity index (χ0) is 25.9. The largest absolute Gasteiger partial charge is 0.459 e. The lowest BCUT2D eigenvalue weighted by molar-refractivity contribution is -0.128. The summed E-state index contributed by atoms with van der Waals surface area (Å²) in [4.78, 5) is 42.1. The number of nitrogens with zero attached hydrogens (tertiary/aromatic N) is 1. The van der Waals surface area contributed by atoms with Crippen LogP contribution in [-0.2, 0) is 22.5 Å². The van der Waals surface area contributed by atoms with Crippen molar-refractivity contribution in [1.82, 2.24) is 15.8 Å². The third-order valence-electron chi connectivity index (χ3n) is 4.73. The van der Waals surface area contributed by atoms with Crippen LogP contribution in [0.2, 0.25) is 0 Å². The third kappa shape index (κ3) is 6.47. The minimum absolute atomic E-state index is 0.0736. The van der Waals surface area contributed by atoms with E-state index in [2.05, 4.69) is 15.6 Å². The van der Waals surface area contributed by atoms with E-state index in [0.29, 0.717) is 27.7 Å². The van der Waals surface area contributed by atoms with Gasteiger partial charge in [-0.05, 0) is 57.2 Å². The van der Waals surface area contributed by atoms with Crippen molar-refractivity contribution in [1.29, 1.82) is 0 Å². The maximum Gasteiger partial charge on any atom is 0.408 e. The Hall–Kier alpha value is -3.74. The molecule has 0 aliphatic carbocycles. The molecule has 4 rings (SSSR count). The molecule has 0 radical (unpaired) electrons. The van der Waals surface area contributed by atoms with Crippen LogP contribution in [0.4, 0.5) is 9.93 Å². The number of carbonyl (C=O) groups excluding carboxylic acids is 3. The molecule has 0 spiro atoms. The third-order valence-corrected chi connectivity index (χ3v) is 6.60. The molecule has 0 aliphatic heterocycles. The number of thiophene rings is 1. The second kappa shape index (κ2) is 10.5. The normalized spacial score (nSPS) is 11.3. The van der Waals surface area contributed by atoms with Gasteiger partial charge in [-0.25, -0.2) is 15.3 Å². The molecule has 0 aliphatic rings. The van der Waals surface area contributed by atoms with Crippen molar-refractivity contribution in [3.63, 3.8) is 0 Å². The zero-order valence-electron chi connectivity index (χ0n) is 19.7. The topological polar surface area (TPSA) is 143 Å². The molecular formula is C24H24N4O6S2. The SMILES string of the molecule is CC(C)(C)OC(=O)NCc1cc2cc(C(=O)Nc3nc(-c4ccc(CC(=O)NO)s4)cs3)ccc2o1. The Balaban J connectivity index is 1.39. The fraction of sp³-hybridized carbons (Fsp3) is 0.250. The fourth-order valence-electron chi connectivity index (χ4n) is 3.22. The van der Waals surface area contributed by atoms with E-state index in [0.717, 1.165) is 15.1 Å². The molecule has 0 saturated carbocycles. The average molecular weight is 529 g/mol. The van der Waals surface area contributed by atoms with Gasteiger partial charge in [-0.2, -0.15) is 0 Å². The van der Waals surface area contributed by atoms with Crippen LogP contribution in [0.15, 0.2) is 46.2 Å². The van der Waals surface area contributed by atoms with Crippen LogP contribution >= 0.6 is 22.7 Å². The number of anilines is 1. The number of fused-ring (bicyclic) bond motifs is 1. The van der Waals surface area contributed by atoms with Crippen LogP contribution in [0.3, 0.4) is 0 Å². The van der Waals surface area contributed by atoms with Crippen LogP contribution in [0.1, 0.15) is 41.8 Å². The van der Waals surface area contributed by atoms with E-state index >= 15 is 0 Å². The van der Waals surface area contributed by atoms with Crippen molar-refractivity contribution in [2.45, 2.75) is 39.3 Å². The highest BCUT2D eigenvalue weighted by atomic mass is 32.1. The highest BCUT2D eigenvalue weighted by Gasteiger charge is 2.17. The lowest BCUT2D eigenvalue weighted by atomic mass is 10.1. The molecule has 0 atom stereocenters. The number of alkyl carbamates (subject to hydrolysis) is 1. The van der Waals surface area contributed by atoms with Crippen LogP contribution in [0.25, 0.3) is 21.5 Å². The first-order valence-electron chi connectivity index (χ1n) is 10.9. The first-order valence-corrected chi connectivity index (χ1v) is 12.6. The minimum atomic E-state index is -0.594. The first-order chi connectivity index (χ1) is 17.1. The summed E-state index contributed by atoms with van der Waals surface area (Å²) < 4.78 is 11.0. The summed E-state index contributed by atoms with van der Waals surface area (Å²) in [5.74, 6) is -0.278. The molecule has 0 saturated heterocycles. The Kier molecular flexibility index (Phi) is 7.38. The average Bonchev–Trinajstić information content (AvgIpc) is 3.55. The van der Waals surface area contributed by atoms with Crippen LogP contribution in [0, 0.1) is 0 Å². The maximum atomic E-state index is 12.8. The monoisotopic (exact) mass is 528 g/mol. The van der Waals surface area contributed by atoms with E-state index in [1.165, 1.54) is 22.7 Å². The molecule has 3 amide bonds. The van der Waals surface area contributed by atoms with Gasteiger partial charge in [0.1, 0.15) is 16.9 Å². The van der Waals surface area contributed by atoms with E-state index in [4.69, 9.17) is 14.4 Å². The summed E-state index contributed by atoms with van der Waals surface area (Å²) in [6.07, 6.45) is -0.468. The van der Waals surface area contributed by atoms with Gasteiger partial charge in [0, 0.05) is 21.2 Å². The predicted molar refractivity (Wildman–Crippen MR) is 136 cm³/mol. The van der Waals surface area contributed by atoms with Gasteiger partial charge in [0.05, 0.1) is 23.5 Å². The Morgan fingerprint density at radius 3 is 2.69 bits per heavy atom. The molecule has 0 unspecified atom stereocenters. The van der Waals surface area contributed by atoms with Gasteiger partial charge in [-0.3, -0.25) is 20.1 Å². The highest BCUT2D eigenvalue weighted by Crippen LogP contribution is 2.31. The summed E-state index contributed by atoms with van der Waals surface area (Å²) in [6.45, 7) is 5.51. The molecule has 188 valence electrons. The number of furan rings is 1. The van der Waals surface area contributed by atoms with E-state index in [-0.39, 0.29) is 18.9 Å². The van der Waals surface area contributed by atoms with Gasteiger partial charge in [-0.1, -0.05) is 0 Å². The molecule has 4 aromatic rings. The highest BCUT2D eigenvalue weighted by molar-refractivity contribution is 7.17. The number of nitrogens with one attached hydrogen (secondary N) is 3. The van der Waals surface area contributed by atoms with Crippen molar-refractivity contribution in [2.24, 2.45) is 0 Å². The Bertz CT molecular complexity index is 1420. The molecule has 3 aromatic heterocycles. The number of carbonyl (C=O) groups is 3. The smallest absolute Gasteiger partial charge is 0.408 e. The van der Waals surface area contributed by atoms with E-state index in [1.807, 2.05) is 11.4 Å². The predicted octanol–water partition coefficient (Wildman–Crippen LogP) is 4.94. The van der Waals surface area contributed by atoms with E-state index in [9.17, 15) is 14.4 Å². The minimum Gasteiger partial charge on any atom is -0.459 e. The van der Waals surface area contributed by atoms with Gasteiger partial charge in [0.15, 0.2) is 5.13 Å². The summed E-state index contributed by atoms with van der Waals surface area (Å²) in [6, 6.07) is 10.5. The second-order valence-electron chi connectivity index (χ2n) is 8.79. The van der Waals surface area contributed by atoms with Crippen LogP contribution < -0.4 is 16.1 Å². The molecule has 4 N–H and O–H groups in total. The Morgan fingerprint density at radius 2 is 1.94 bits per heavy atom. The molecule has 0 fully saturated rings. The second-order valence-corrected chi connectivity index (χ2v) is 10.8. The van der Waals surface area contributed by atoms with Crippen molar-refractivity contribution in [3.05, 3.63) is 58.0 Å². The Morgan fingerprint density at radius 1 is 1.14 bits per heavy atom. The number of ether oxygens (including phenoxy) is 1. The number of benzene rings is 1. The number of hydrogen-bond donors (Lipinski definition) is 4. The molecule has 3 heterocycles. The Labute approximate surface area is 214 Å². The fourth-order valence-corrected chi connectivity index (χ4v) is 4.97. The number of amides is 3. The summed E-state index contributed by atoms with van der Waals surface area (Å²) in [5.41, 5.74) is 2.72. The van der Waals surface area contributed by atoms with Crippen molar-refractivity contribution in [3.8, 4) is 10.6 Å². The molecule has 36 heavy (non-hydrogen) atoms. The van der Waals surface area contributed by atoms with Crippen molar-refractivity contribution < 1.29 is 28.7 Å². The summed E-state index contributed by atoms with van der Waals surface area (Å²) in [7, 11) is 0. The van der Waals surface area contributed by atoms with Crippen LogP contribution in [-0.4, -0.2) is 33.7 Å². The zero-order valence-corrected chi connectivity index (χ0v) is 21.3. The van der Waals surface area contributed by atoms with Gasteiger partial charge in [0.25, 0.3) is 5.91 Å². The first kappa shape index (κ1) is 25.4. The number of thiazole rings is 1. The molecule has 0 bridgehead atoms. The van der Waals surface area contributed by atoms with Gasteiger partial charge >= 0.3 is 6.09 Å². The van der Waals surface area contributed by atoms with Gasteiger partial charge < -0.3 is 14.5 Å². The summed E-state index contributed by atoms with van der Waals surface area (Å²) in [5, 5.41) is 17.1. The standard InChI is InChI=1S/C24H24N4O6S2/c1-24(2,3)34-23(31)25-11-15-9-14-8-13(4-6-18(14)33-15)21(30)27-22-26-17(12-35-22)19-7-5-16(36-19)10-20(29)28-32/h4-9,12,32H,10-11H2,1-3H3,(H,25,31)(H,28,29)(H,26,27,30). The number of rotatable bonds is 7. The lowest BCUT2D eigenvalue weighted by Crippen LogP contribution is -2.32. The molecule has 10 nitrogen and oxygen atoms in total. The van der Waals surface area contributed by atoms with Crippen molar-refractivity contribution in [2.75, 3.05) is 5.32 Å². The van der Waals surface area contributed by atoms with Gasteiger partial charge in [-0.15, -0.1) is 22.7 Å². The number of hydrogen-bond acceptors (Lipinski definition) is 9.